The van der Waals surface area contributed by atoms with Crippen LogP contribution in [-0.4, -0.2) is 24.5 Å². The lowest BCUT2D eigenvalue weighted by molar-refractivity contribution is 0.306. The van der Waals surface area contributed by atoms with Gasteiger partial charge in [0.25, 0.3) is 0 Å². The molecule has 0 fully saturated rings. The van der Waals surface area contributed by atoms with E-state index in [2.05, 4.69) is 44.9 Å². The van der Waals surface area contributed by atoms with Crippen LogP contribution in [0.4, 0.5) is 0 Å². The second-order valence-electron chi connectivity index (χ2n) is 6.35. The third-order valence-electron chi connectivity index (χ3n) is 4.23. The smallest absolute Gasteiger partial charge is 0.191 e. The SMILES string of the molecule is CN=C(NCCc1ccccn1)NCc1cccc(OCc2ccccc2)c1. The Morgan fingerprint density at radius 3 is 2.54 bits per heavy atom. The van der Waals surface area contributed by atoms with Crippen molar-refractivity contribution in [1.82, 2.24) is 15.6 Å². The lowest BCUT2D eigenvalue weighted by Gasteiger charge is -2.13. The fourth-order valence-electron chi connectivity index (χ4n) is 2.75. The molecule has 3 aromatic rings. The first-order chi connectivity index (χ1) is 13.8. The summed E-state index contributed by atoms with van der Waals surface area (Å²) in [6.45, 7) is 2.01. The lowest BCUT2D eigenvalue weighted by Crippen LogP contribution is -2.37. The number of benzene rings is 2. The molecule has 0 aliphatic carbocycles. The largest absolute Gasteiger partial charge is 0.489 e. The Kier molecular flexibility index (Phi) is 7.44. The van der Waals surface area contributed by atoms with Crippen LogP contribution in [0.5, 0.6) is 5.75 Å². The van der Waals surface area contributed by atoms with Crippen LogP contribution in [0, 0.1) is 0 Å². The standard InChI is InChI=1S/C23H26N4O/c1-24-23(26-15-13-21-11-5-6-14-25-21)27-17-20-10-7-12-22(16-20)28-18-19-8-3-2-4-9-19/h2-12,14,16H,13,15,17-18H2,1H3,(H2,24,26,27). The van der Waals surface area contributed by atoms with E-state index < -0.39 is 0 Å². The summed E-state index contributed by atoms with van der Waals surface area (Å²) in [5.74, 6) is 1.63. The highest BCUT2D eigenvalue weighted by Gasteiger charge is 2.01. The van der Waals surface area contributed by atoms with E-state index in [0.29, 0.717) is 13.2 Å². The summed E-state index contributed by atoms with van der Waals surface area (Å²) in [6, 6.07) is 24.2. The molecule has 0 atom stereocenters. The van der Waals surface area contributed by atoms with Crippen molar-refractivity contribution in [2.75, 3.05) is 13.6 Å². The molecular weight excluding hydrogens is 348 g/mol. The van der Waals surface area contributed by atoms with Crippen LogP contribution in [0.3, 0.4) is 0 Å². The van der Waals surface area contributed by atoms with Gasteiger partial charge in [-0.25, -0.2) is 0 Å². The first-order valence-electron chi connectivity index (χ1n) is 9.43. The molecule has 0 saturated heterocycles. The molecule has 0 bridgehead atoms. The van der Waals surface area contributed by atoms with E-state index in [-0.39, 0.29) is 0 Å². The average Bonchev–Trinajstić information content (AvgIpc) is 2.76. The molecule has 28 heavy (non-hydrogen) atoms. The summed E-state index contributed by atoms with van der Waals surface area (Å²) in [5.41, 5.74) is 3.36. The van der Waals surface area contributed by atoms with E-state index in [1.54, 1.807) is 7.05 Å². The Morgan fingerprint density at radius 2 is 1.75 bits per heavy atom. The van der Waals surface area contributed by atoms with E-state index in [9.17, 15) is 0 Å². The summed E-state index contributed by atoms with van der Waals surface area (Å²) < 4.78 is 5.90. The summed E-state index contributed by atoms with van der Waals surface area (Å²) >= 11 is 0. The molecule has 0 unspecified atom stereocenters. The Balaban J connectivity index is 1.45. The maximum Gasteiger partial charge on any atom is 0.191 e. The zero-order valence-electron chi connectivity index (χ0n) is 16.1. The fourth-order valence-corrected chi connectivity index (χ4v) is 2.75. The van der Waals surface area contributed by atoms with Crippen LogP contribution in [0.2, 0.25) is 0 Å². The van der Waals surface area contributed by atoms with Crippen LogP contribution in [0.15, 0.2) is 84.0 Å². The van der Waals surface area contributed by atoms with Gasteiger partial charge in [-0.2, -0.15) is 0 Å². The Morgan fingerprint density at radius 1 is 0.929 bits per heavy atom. The normalized spacial score (nSPS) is 11.1. The molecule has 0 radical (unpaired) electrons. The maximum absolute atomic E-state index is 5.90. The Bertz CT molecular complexity index is 866. The predicted molar refractivity (Wildman–Crippen MR) is 113 cm³/mol. The zero-order valence-corrected chi connectivity index (χ0v) is 16.1. The maximum atomic E-state index is 5.90. The number of nitrogens with zero attached hydrogens (tertiary/aromatic N) is 2. The van der Waals surface area contributed by atoms with E-state index in [0.717, 1.165) is 41.5 Å². The first kappa shape index (κ1) is 19.4. The molecule has 1 aromatic heterocycles. The van der Waals surface area contributed by atoms with Gasteiger partial charge in [0.05, 0.1) is 0 Å². The number of hydrogen-bond donors (Lipinski definition) is 2. The van der Waals surface area contributed by atoms with Gasteiger partial charge in [-0.05, 0) is 35.4 Å². The van der Waals surface area contributed by atoms with E-state index in [1.165, 1.54) is 0 Å². The van der Waals surface area contributed by atoms with Crippen molar-refractivity contribution in [2.45, 2.75) is 19.6 Å². The number of nitrogens with one attached hydrogen (secondary N) is 2. The molecule has 3 rings (SSSR count). The monoisotopic (exact) mass is 374 g/mol. The number of rotatable bonds is 8. The number of aliphatic imine (C=N–C) groups is 1. The van der Waals surface area contributed by atoms with Crippen molar-refractivity contribution in [3.05, 3.63) is 95.8 Å². The van der Waals surface area contributed by atoms with Gasteiger partial charge < -0.3 is 15.4 Å². The fraction of sp³-hybridized carbons (Fsp3) is 0.217. The number of ether oxygens (including phenoxy) is 1. The molecule has 0 spiro atoms. The lowest BCUT2D eigenvalue weighted by atomic mass is 10.2. The van der Waals surface area contributed by atoms with Crippen molar-refractivity contribution < 1.29 is 4.74 Å². The van der Waals surface area contributed by atoms with Crippen LogP contribution < -0.4 is 15.4 Å². The van der Waals surface area contributed by atoms with Gasteiger partial charge in [0.15, 0.2) is 5.96 Å². The second-order valence-corrected chi connectivity index (χ2v) is 6.35. The minimum atomic E-state index is 0.564. The van der Waals surface area contributed by atoms with E-state index in [1.807, 2.05) is 54.7 Å². The highest BCUT2D eigenvalue weighted by molar-refractivity contribution is 5.79. The molecule has 0 aliphatic heterocycles. The van der Waals surface area contributed by atoms with Crippen LogP contribution in [-0.2, 0) is 19.6 Å². The Hall–Kier alpha value is -3.34. The third-order valence-corrected chi connectivity index (χ3v) is 4.23. The van der Waals surface area contributed by atoms with Gasteiger partial charge in [-0.1, -0.05) is 48.5 Å². The molecule has 0 aliphatic rings. The van der Waals surface area contributed by atoms with Crippen LogP contribution in [0.1, 0.15) is 16.8 Å². The molecule has 2 N–H and O–H groups in total. The van der Waals surface area contributed by atoms with Crippen LogP contribution >= 0.6 is 0 Å². The number of pyridine rings is 1. The number of guanidine groups is 1. The quantitative estimate of drug-likeness (QED) is 0.467. The second kappa shape index (κ2) is 10.7. The zero-order chi connectivity index (χ0) is 19.4. The molecule has 144 valence electrons. The minimum absolute atomic E-state index is 0.564. The molecule has 2 aromatic carbocycles. The van der Waals surface area contributed by atoms with Gasteiger partial charge in [-0.3, -0.25) is 9.98 Å². The molecule has 0 saturated carbocycles. The molecule has 5 nitrogen and oxygen atoms in total. The van der Waals surface area contributed by atoms with Gasteiger partial charge in [-0.15, -0.1) is 0 Å². The van der Waals surface area contributed by atoms with Crippen molar-refractivity contribution >= 4 is 5.96 Å². The van der Waals surface area contributed by atoms with Crippen LogP contribution in [0.25, 0.3) is 0 Å². The summed E-state index contributed by atoms with van der Waals surface area (Å²) in [5, 5.41) is 6.65. The topological polar surface area (TPSA) is 58.5 Å². The van der Waals surface area contributed by atoms with E-state index in [4.69, 9.17) is 4.74 Å². The highest BCUT2D eigenvalue weighted by Crippen LogP contribution is 2.15. The molecular formula is C23H26N4O. The van der Waals surface area contributed by atoms with Gasteiger partial charge in [0, 0.05) is 38.4 Å². The van der Waals surface area contributed by atoms with Gasteiger partial charge in [0.2, 0.25) is 0 Å². The molecule has 5 heteroatoms. The van der Waals surface area contributed by atoms with Crippen molar-refractivity contribution in [1.29, 1.82) is 0 Å². The van der Waals surface area contributed by atoms with Crippen molar-refractivity contribution in [2.24, 2.45) is 4.99 Å². The van der Waals surface area contributed by atoms with Crippen molar-refractivity contribution in [3.63, 3.8) is 0 Å². The summed E-state index contributed by atoms with van der Waals surface area (Å²) in [7, 11) is 1.77. The third kappa shape index (κ3) is 6.43. The first-order valence-corrected chi connectivity index (χ1v) is 9.43. The van der Waals surface area contributed by atoms with Gasteiger partial charge >= 0.3 is 0 Å². The van der Waals surface area contributed by atoms with E-state index >= 15 is 0 Å². The van der Waals surface area contributed by atoms with Gasteiger partial charge in [0.1, 0.15) is 12.4 Å². The molecule has 1 heterocycles. The molecule has 0 amide bonds. The highest BCUT2D eigenvalue weighted by atomic mass is 16.5. The number of hydrogen-bond acceptors (Lipinski definition) is 3. The summed E-state index contributed by atoms with van der Waals surface area (Å²) in [4.78, 5) is 8.61. The minimum Gasteiger partial charge on any atom is -0.489 e. The number of aromatic nitrogens is 1. The Labute approximate surface area is 166 Å². The predicted octanol–water partition coefficient (Wildman–Crippen LogP) is 3.57. The average molecular weight is 374 g/mol. The summed E-state index contributed by atoms with van der Waals surface area (Å²) in [6.07, 6.45) is 2.67. The van der Waals surface area contributed by atoms with Crippen molar-refractivity contribution in [3.8, 4) is 5.75 Å².